The van der Waals surface area contributed by atoms with Crippen LogP contribution in [0.4, 0.5) is 11.6 Å². The third kappa shape index (κ3) is 4.24. The molecule has 1 aliphatic rings. The topological polar surface area (TPSA) is 96.2 Å². The monoisotopic (exact) mass is 340 g/mol. The van der Waals surface area contributed by atoms with Gasteiger partial charge in [-0.3, -0.25) is 4.79 Å². The lowest BCUT2D eigenvalue weighted by molar-refractivity contribution is 0.1000. The lowest BCUT2D eigenvalue weighted by atomic mass is 10.1. The van der Waals surface area contributed by atoms with Crippen LogP contribution in [0.25, 0.3) is 0 Å². The number of carbonyl (C=O) groups excluding carboxylic acids is 1. The molecule has 1 saturated heterocycles. The van der Waals surface area contributed by atoms with Gasteiger partial charge in [0.05, 0.1) is 0 Å². The molecular formula is C18H24N6O. The maximum atomic E-state index is 11.3. The summed E-state index contributed by atoms with van der Waals surface area (Å²) in [7, 11) is 1.86. The number of amides is 1. The van der Waals surface area contributed by atoms with E-state index in [4.69, 9.17) is 5.73 Å². The Kier molecular flexibility index (Phi) is 5.45. The van der Waals surface area contributed by atoms with Crippen LogP contribution in [0.1, 0.15) is 28.8 Å². The highest BCUT2D eigenvalue weighted by Crippen LogP contribution is 2.24. The Hall–Kier alpha value is -2.67. The Morgan fingerprint density at radius 1 is 1.36 bits per heavy atom. The van der Waals surface area contributed by atoms with E-state index < -0.39 is 5.91 Å². The van der Waals surface area contributed by atoms with Crippen LogP contribution < -0.4 is 21.3 Å². The molecule has 25 heavy (non-hydrogen) atoms. The van der Waals surface area contributed by atoms with Gasteiger partial charge in [-0.2, -0.15) is 0 Å². The molecule has 7 nitrogen and oxygen atoms in total. The number of primary amides is 1. The first-order chi connectivity index (χ1) is 12.2. The fourth-order valence-corrected chi connectivity index (χ4v) is 3.21. The van der Waals surface area contributed by atoms with E-state index in [1.54, 1.807) is 12.4 Å². The van der Waals surface area contributed by atoms with E-state index in [1.165, 1.54) is 0 Å². The van der Waals surface area contributed by atoms with Crippen LogP contribution in [-0.4, -0.2) is 42.1 Å². The Morgan fingerprint density at radius 3 is 3.04 bits per heavy atom. The molecule has 7 heteroatoms. The summed E-state index contributed by atoms with van der Waals surface area (Å²) >= 11 is 0. The summed E-state index contributed by atoms with van der Waals surface area (Å²) in [6.45, 7) is 2.57. The van der Waals surface area contributed by atoms with E-state index in [-0.39, 0.29) is 0 Å². The average molecular weight is 340 g/mol. The third-order valence-corrected chi connectivity index (χ3v) is 4.50. The zero-order valence-electron chi connectivity index (χ0n) is 14.4. The first-order valence-electron chi connectivity index (χ1n) is 8.53. The molecule has 2 heterocycles. The fraction of sp³-hybridized carbons (Fsp3) is 0.389. The van der Waals surface area contributed by atoms with E-state index in [0.29, 0.717) is 18.2 Å². The summed E-state index contributed by atoms with van der Waals surface area (Å²) < 4.78 is 0. The summed E-state index contributed by atoms with van der Waals surface area (Å²) in [5.74, 6) is 1.39. The summed E-state index contributed by atoms with van der Waals surface area (Å²) in [6.07, 6.45) is 3.88. The minimum atomic E-state index is -0.395. The van der Waals surface area contributed by atoms with Crippen molar-refractivity contribution in [1.82, 2.24) is 15.3 Å². The quantitative estimate of drug-likeness (QED) is 0.705. The molecule has 3 rings (SSSR count). The van der Waals surface area contributed by atoms with Gasteiger partial charge in [-0.15, -0.1) is 0 Å². The first kappa shape index (κ1) is 17.2. The lowest BCUT2D eigenvalue weighted by Crippen LogP contribution is -2.38. The molecule has 1 aromatic carbocycles. The zero-order chi connectivity index (χ0) is 17.6. The van der Waals surface area contributed by atoms with Gasteiger partial charge >= 0.3 is 0 Å². The van der Waals surface area contributed by atoms with Gasteiger partial charge in [-0.05, 0) is 30.5 Å². The Morgan fingerprint density at radius 2 is 2.24 bits per heavy atom. The molecule has 132 valence electrons. The van der Waals surface area contributed by atoms with Crippen molar-refractivity contribution in [2.75, 3.05) is 30.4 Å². The molecule has 0 bridgehead atoms. The van der Waals surface area contributed by atoms with Crippen LogP contribution in [0, 0.1) is 0 Å². The zero-order valence-corrected chi connectivity index (χ0v) is 14.4. The van der Waals surface area contributed by atoms with Crippen LogP contribution in [0.3, 0.4) is 0 Å². The van der Waals surface area contributed by atoms with Gasteiger partial charge < -0.3 is 21.3 Å². The number of benzene rings is 1. The van der Waals surface area contributed by atoms with Crippen molar-refractivity contribution in [3.63, 3.8) is 0 Å². The molecule has 1 amide bonds. The predicted molar refractivity (Wildman–Crippen MR) is 98.6 cm³/mol. The smallest absolute Gasteiger partial charge is 0.248 e. The Balaban J connectivity index is 1.58. The first-order valence-corrected chi connectivity index (χ1v) is 8.53. The van der Waals surface area contributed by atoms with Crippen LogP contribution in [-0.2, 0) is 6.54 Å². The van der Waals surface area contributed by atoms with E-state index in [9.17, 15) is 4.79 Å². The molecule has 0 radical (unpaired) electrons. The predicted octanol–water partition coefficient (Wildman–Crippen LogP) is 1.38. The standard InChI is InChI=1S/C18H24N6O/c1-20-16-9-17(23-12-22-16)24-7-3-6-15(24)11-21-10-13-4-2-5-14(8-13)18(19)25/h2,4-5,8-9,12,15,21H,3,6-7,10-11H2,1H3,(H2,19,25)(H,20,22,23). The van der Waals surface area contributed by atoms with Gasteiger partial charge in [-0.1, -0.05) is 12.1 Å². The molecule has 0 spiro atoms. The fourth-order valence-electron chi connectivity index (χ4n) is 3.21. The van der Waals surface area contributed by atoms with Gasteiger partial charge in [0.25, 0.3) is 0 Å². The number of hydrogen-bond acceptors (Lipinski definition) is 6. The van der Waals surface area contributed by atoms with Gasteiger partial charge in [0.15, 0.2) is 0 Å². The van der Waals surface area contributed by atoms with Gasteiger partial charge in [0.2, 0.25) is 5.91 Å². The van der Waals surface area contributed by atoms with E-state index in [2.05, 4.69) is 25.5 Å². The molecule has 2 aromatic rings. The molecular weight excluding hydrogens is 316 g/mol. The van der Waals surface area contributed by atoms with Gasteiger partial charge in [0, 0.05) is 44.4 Å². The summed E-state index contributed by atoms with van der Waals surface area (Å²) in [5, 5.41) is 6.54. The summed E-state index contributed by atoms with van der Waals surface area (Å²) in [5.41, 5.74) is 6.93. The molecule has 0 saturated carbocycles. The van der Waals surface area contributed by atoms with Crippen molar-refractivity contribution in [3.8, 4) is 0 Å². The van der Waals surface area contributed by atoms with Crippen molar-refractivity contribution >= 4 is 17.5 Å². The molecule has 1 aromatic heterocycles. The van der Waals surface area contributed by atoms with Gasteiger partial charge in [0.1, 0.15) is 18.0 Å². The highest BCUT2D eigenvalue weighted by molar-refractivity contribution is 5.92. The van der Waals surface area contributed by atoms with Crippen molar-refractivity contribution in [2.24, 2.45) is 5.73 Å². The number of rotatable bonds is 7. The molecule has 1 unspecified atom stereocenters. The molecule has 1 atom stereocenters. The van der Waals surface area contributed by atoms with Crippen LogP contribution in [0.5, 0.6) is 0 Å². The van der Waals surface area contributed by atoms with E-state index >= 15 is 0 Å². The average Bonchev–Trinajstić information content (AvgIpc) is 3.10. The number of carbonyl (C=O) groups is 1. The number of aromatic nitrogens is 2. The minimum Gasteiger partial charge on any atom is -0.373 e. The molecule has 0 aliphatic carbocycles. The van der Waals surface area contributed by atoms with E-state index in [1.807, 2.05) is 31.3 Å². The number of nitrogens with one attached hydrogen (secondary N) is 2. The van der Waals surface area contributed by atoms with Crippen molar-refractivity contribution in [1.29, 1.82) is 0 Å². The van der Waals surface area contributed by atoms with E-state index in [0.717, 1.165) is 43.1 Å². The lowest BCUT2D eigenvalue weighted by Gasteiger charge is -2.26. The normalized spacial score (nSPS) is 16.8. The van der Waals surface area contributed by atoms with Crippen molar-refractivity contribution < 1.29 is 4.79 Å². The van der Waals surface area contributed by atoms with Crippen molar-refractivity contribution in [3.05, 3.63) is 47.8 Å². The second-order valence-corrected chi connectivity index (χ2v) is 6.20. The number of nitrogens with zero attached hydrogens (tertiary/aromatic N) is 3. The number of anilines is 2. The largest absolute Gasteiger partial charge is 0.373 e. The summed E-state index contributed by atoms with van der Waals surface area (Å²) in [4.78, 5) is 22.2. The maximum Gasteiger partial charge on any atom is 0.248 e. The van der Waals surface area contributed by atoms with Gasteiger partial charge in [-0.25, -0.2) is 9.97 Å². The number of hydrogen-bond donors (Lipinski definition) is 3. The highest BCUT2D eigenvalue weighted by Gasteiger charge is 2.25. The maximum absolute atomic E-state index is 11.3. The SMILES string of the molecule is CNc1cc(N2CCCC2CNCc2cccc(C(N)=O)c2)ncn1. The third-order valence-electron chi connectivity index (χ3n) is 4.50. The molecule has 4 N–H and O–H groups in total. The number of nitrogens with two attached hydrogens (primary N) is 1. The second kappa shape index (κ2) is 7.94. The Labute approximate surface area is 147 Å². The second-order valence-electron chi connectivity index (χ2n) is 6.20. The van der Waals surface area contributed by atoms with Crippen LogP contribution in [0.15, 0.2) is 36.7 Å². The molecule has 1 fully saturated rings. The van der Waals surface area contributed by atoms with Crippen LogP contribution in [0.2, 0.25) is 0 Å². The highest BCUT2D eigenvalue weighted by atomic mass is 16.1. The molecule has 1 aliphatic heterocycles. The minimum absolute atomic E-state index is 0.395. The van der Waals surface area contributed by atoms with Crippen molar-refractivity contribution in [2.45, 2.75) is 25.4 Å². The Bertz CT molecular complexity index is 735. The summed E-state index contributed by atoms with van der Waals surface area (Å²) in [6, 6.07) is 9.81. The van der Waals surface area contributed by atoms with Crippen LogP contribution >= 0.6 is 0 Å².